The second kappa shape index (κ2) is 11.8. The minimum atomic E-state index is -0.506. The Labute approximate surface area is 216 Å². The van der Waals surface area contributed by atoms with E-state index in [1.165, 1.54) is 0 Å². The van der Waals surface area contributed by atoms with E-state index >= 15 is 0 Å². The van der Waals surface area contributed by atoms with Crippen molar-refractivity contribution in [2.24, 2.45) is 0 Å². The van der Waals surface area contributed by atoms with Gasteiger partial charge in [-0.1, -0.05) is 55.6 Å². The van der Waals surface area contributed by atoms with Crippen LogP contribution in [0, 0.1) is 0 Å². The molecule has 0 atom stereocenters. The second-order valence-electron chi connectivity index (χ2n) is 8.46. The molecular formula is C31H28O6. The van der Waals surface area contributed by atoms with Crippen LogP contribution in [0.15, 0.2) is 103 Å². The van der Waals surface area contributed by atoms with Gasteiger partial charge in [-0.3, -0.25) is 0 Å². The Balaban J connectivity index is 1.95. The molecule has 0 amide bonds. The Kier molecular flexibility index (Phi) is 8.59. The topological polar surface area (TPSA) is 78.9 Å². The van der Waals surface area contributed by atoms with Gasteiger partial charge in [0.05, 0.1) is 0 Å². The fourth-order valence-electron chi connectivity index (χ4n) is 3.13. The van der Waals surface area contributed by atoms with Crippen LogP contribution in [0.25, 0.3) is 22.3 Å². The molecule has 0 N–H and O–H groups in total. The zero-order valence-electron chi connectivity index (χ0n) is 21.3. The van der Waals surface area contributed by atoms with E-state index in [1.807, 2.05) is 24.3 Å². The minimum absolute atomic E-state index is 0.301. The minimum Gasteiger partial charge on any atom is -0.423 e. The van der Waals surface area contributed by atoms with E-state index in [0.717, 1.165) is 16.7 Å². The largest absolute Gasteiger partial charge is 0.423 e. The molecule has 0 saturated carbocycles. The van der Waals surface area contributed by atoms with Crippen LogP contribution in [0.5, 0.6) is 17.2 Å². The maximum atomic E-state index is 12.6. The van der Waals surface area contributed by atoms with Gasteiger partial charge in [-0.2, -0.15) is 0 Å². The Bertz CT molecular complexity index is 1390. The number of allylic oxidation sites excluding steroid dienone is 1. The second-order valence-corrected chi connectivity index (χ2v) is 8.46. The average molecular weight is 497 g/mol. The van der Waals surface area contributed by atoms with Crippen molar-refractivity contribution in [2.45, 2.75) is 27.7 Å². The van der Waals surface area contributed by atoms with Gasteiger partial charge in [0.15, 0.2) is 0 Å². The first-order valence-electron chi connectivity index (χ1n) is 11.5. The molecule has 0 fully saturated rings. The summed E-state index contributed by atoms with van der Waals surface area (Å²) < 4.78 is 16.3. The predicted octanol–water partition coefficient (Wildman–Crippen LogP) is 6.86. The van der Waals surface area contributed by atoms with Crippen molar-refractivity contribution in [3.05, 3.63) is 103 Å². The summed E-state index contributed by atoms with van der Waals surface area (Å²) in [6.45, 7) is 13.8. The first-order valence-corrected chi connectivity index (χ1v) is 11.5. The predicted molar refractivity (Wildman–Crippen MR) is 143 cm³/mol. The van der Waals surface area contributed by atoms with E-state index in [4.69, 9.17) is 14.2 Å². The van der Waals surface area contributed by atoms with Gasteiger partial charge in [0.2, 0.25) is 0 Å². The van der Waals surface area contributed by atoms with Crippen molar-refractivity contribution >= 4 is 17.9 Å². The highest BCUT2D eigenvalue weighted by Crippen LogP contribution is 2.36. The van der Waals surface area contributed by atoms with E-state index in [1.54, 1.807) is 76.2 Å². The number of hydrogen-bond donors (Lipinski definition) is 0. The zero-order chi connectivity index (χ0) is 27.1. The number of benzene rings is 3. The van der Waals surface area contributed by atoms with Crippen LogP contribution in [0.1, 0.15) is 27.7 Å². The third-order valence-corrected chi connectivity index (χ3v) is 5.41. The molecule has 37 heavy (non-hydrogen) atoms. The molecule has 0 aliphatic heterocycles. The van der Waals surface area contributed by atoms with Gasteiger partial charge in [0.1, 0.15) is 17.2 Å². The maximum absolute atomic E-state index is 12.6. The van der Waals surface area contributed by atoms with Crippen LogP contribution >= 0.6 is 0 Å². The van der Waals surface area contributed by atoms with Crippen LogP contribution in [0.4, 0.5) is 0 Å². The molecule has 6 heteroatoms. The molecule has 3 aromatic carbocycles. The van der Waals surface area contributed by atoms with E-state index in [0.29, 0.717) is 39.5 Å². The van der Waals surface area contributed by atoms with E-state index in [9.17, 15) is 14.4 Å². The summed E-state index contributed by atoms with van der Waals surface area (Å²) in [7, 11) is 0. The molecule has 0 aliphatic rings. The van der Waals surface area contributed by atoms with Crippen LogP contribution in [0.2, 0.25) is 0 Å². The summed E-state index contributed by atoms with van der Waals surface area (Å²) in [5, 5.41) is 0. The van der Waals surface area contributed by atoms with Crippen molar-refractivity contribution in [1.82, 2.24) is 0 Å². The summed E-state index contributed by atoms with van der Waals surface area (Å²) in [5.41, 5.74) is 4.18. The number of esters is 3. The highest BCUT2D eigenvalue weighted by Gasteiger charge is 2.15. The normalized spacial score (nSPS) is 10.9. The highest BCUT2D eigenvalue weighted by molar-refractivity contribution is 5.92. The monoisotopic (exact) mass is 496 g/mol. The van der Waals surface area contributed by atoms with Crippen LogP contribution in [0.3, 0.4) is 0 Å². The van der Waals surface area contributed by atoms with E-state index in [-0.39, 0.29) is 0 Å². The molecule has 3 rings (SSSR count). The third kappa shape index (κ3) is 6.92. The van der Waals surface area contributed by atoms with Gasteiger partial charge in [0.25, 0.3) is 0 Å². The fourth-order valence-corrected chi connectivity index (χ4v) is 3.13. The van der Waals surface area contributed by atoms with E-state index in [2.05, 4.69) is 13.2 Å². The summed E-state index contributed by atoms with van der Waals surface area (Å²) in [6.07, 6.45) is 1.68. The summed E-state index contributed by atoms with van der Waals surface area (Å²) >= 11 is 0. The first-order chi connectivity index (χ1) is 17.6. The number of rotatable bonds is 8. The van der Waals surface area contributed by atoms with Crippen molar-refractivity contribution in [3.63, 3.8) is 0 Å². The first kappa shape index (κ1) is 26.9. The van der Waals surface area contributed by atoms with Crippen LogP contribution in [-0.4, -0.2) is 17.9 Å². The lowest BCUT2D eigenvalue weighted by Crippen LogP contribution is -2.10. The van der Waals surface area contributed by atoms with Crippen LogP contribution in [-0.2, 0) is 14.4 Å². The van der Waals surface area contributed by atoms with Crippen molar-refractivity contribution in [2.75, 3.05) is 0 Å². The quantitative estimate of drug-likeness (QED) is 0.193. The van der Waals surface area contributed by atoms with Crippen molar-refractivity contribution in [3.8, 4) is 39.5 Å². The molecule has 0 radical (unpaired) electrons. The van der Waals surface area contributed by atoms with Gasteiger partial charge in [-0.25, -0.2) is 14.4 Å². The Hall–Kier alpha value is -4.71. The van der Waals surface area contributed by atoms with Gasteiger partial charge in [0, 0.05) is 22.3 Å². The molecule has 6 nitrogen and oxygen atoms in total. The lowest BCUT2D eigenvalue weighted by molar-refractivity contribution is -0.131. The number of carbonyl (C=O) groups is 3. The standard InChI is InChI=1S/C31H28O6/c1-7-21(6)31(34)37-28-18-24(22-8-13-25(14-9-22)35-29(32)19(2)3)12-17-27(28)23-10-15-26(16-11-23)36-30(33)20(4)5/h7-18H,2,4H2,1,3,5-6H3/b21-7+. The SMILES string of the molecule is C=C(C)C(=O)Oc1ccc(-c2ccc(-c3ccc(OC(=O)C(=C)C)cc3)c(OC(=O)/C(C)=C/C)c2)cc1. The summed E-state index contributed by atoms with van der Waals surface area (Å²) in [4.78, 5) is 36.2. The Morgan fingerprint density at radius 2 is 1.08 bits per heavy atom. The number of ether oxygens (including phenoxy) is 3. The molecule has 0 heterocycles. The molecule has 3 aromatic rings. The zero-order valence-corrected chi connectivity index (χ0v) is 21.3. The van der Waals surface area contributed by atoms with Gasteiger partial charge in [-0.15, -0.1) is 0 Å². The molecule has 0 aromatic heterocycles. The molecule has 0 unspecified atom stereocenters. The maximum Gasteiger partial charge on any atom is 0.338 e. The number of hydrogen-bond acceptors (Lipinski definition) is 6. The summed E-state index contributed by atoms with van der Waals surface area (Å²) in [5.74, 6) is -0.316. The lowest BCUT2D eigenvalue weighted by atomic mass is 9.99. The van der Waals surface area contributed by atoms with Gasteiger partial charge in [-0.05, 0) is 74.7 Å². The van der Waals surface area contributed by atoms with Gasteiger partial charge < -0.3 is 14.2 Å². The summed E-state index contributed by atoms with van der Waals surface area (Å²) in [6, 6.07) is 19.4. The molecule has 0 aliphatic carbocycles. The fraction of sp³-hybridized carbons (Fsp3) is 0.129. The van der Waals surface area contributed by atoms with Crippen LogP contribution < -0.4 is 14.2 Å². The smallest absolute Gasteiger partial charge is 0.338 e. The highest BCUT2D eigenvalue weighted by atomic mass is 16.5. The lowest BCUT2D eigenvalue weighted by Gasteiger charge is -2.14. The van der Waals surface area contributed by atoms with Crippen molar-refractivity contribution < 1.29 is 28.6 Å². The molecule has 0 saturated heterocycles. The molecule has 0 spiro atoms. The number of carbonyl (C=O) groups excluding carboxylic acids is 3. The molecule has 0 bridgehead atoms. The van der Waals surface area contributed by atoms with E-state index < -0.39 is 17.9 Å². The van der Waals surface area contributed by atoms with Crippen molar-refractivity contribution in [1.29, 1.82) is 0 Å². The Morgan fingerprint density at radius 3 is 1.54 bits per heavy atom. The third-order valence-electron chi connectivity index (χ3n) is 5.41. The van der Waals surface area contributed by atoms with Gasteiger partial charge >= 0.3 is 17.9 Å². The molecular weight excluding hydrogens is 468 g/mol. The average Bonchev–Trinajstić information content (AvgIpc) is 2.89. The molecule has 188 valence electrons. The Morgan fingerprint density at radius 1 is 0.622 bits per heavy atom.